The number of aliphatic imine (C=N–C) groups is 1. The molecule has 1 amide bonds. The van der Waals surface area contributed by atoms with E-state index in [9.17, 15) is 4.79 Å². The first-order valence-corrected chi connectivity index (χ1v) is 12.2. The van der Waals surface area contributed by atoms with Crippen molar-refractivity contribution >= 4 is 46.1 Å². The Hall–Kier alpha value is -4.66. The molecule has 1 saturated heterocycles. The molecule has 3 heterocycles. The molecule has 0 saturated carbocycles. The lowest BCUT2D eigenvalue weighted by Crippen LogP contribution is -2.46. The van der Waals surface area contributed by atoms with Crippen molar-refractivity contribution in [1.82, 2.24) is 15.0 Å². The Bertz CT molecular complexity index is 1430. The summed E-state index contributed by atoms with van der Waals surface area (Å²) in [5, 5.41) is 10.6. The van der Waals surface area contributed by atoms with E-state index in [1.807, 2.05) is 73.2 Å². The number of carbonyl (C=O) groups excluding carboxylic acids is 1. The predicted octanol–water partition coefficient (Wildman–Crippen LogP) is 4.07. The van der Waals surface area contributed by atoms with Crippen LogP contribution in [0.25, 0.3) is 22.2 Å². The number of hydrogen-bond acceptors (Lipinski definition) is 8. The van der Waals surface area contributed by atoms with Gasteiger partial charge < -0.3 is 20.1 Å². The van der Waals surface area contributed by atoms with Crippen molar-refractivity contribution < 1.29 is 4.79 Å². The number of nitrogens with zero attached hydrogens (tertiary/aromatic N) is 6. The molecule has 1 aliphatic heterocycles. The summed E-state index contributed by atoms with van der Waals surface area (Å²) in [6, 6.07) is 17.7. The van der Waals surface area contributed by atoms with E-state index >= 15 is 0 Å². The number of pyridine rings is 1. The zero-order chi connectivity index (χ0) is 25.6. The highest BCUT2D eigenvalue weighted by Gasteiger charge is 2.19. The molecular formula is C28H28N8O. The fourth-order valence-corrected chi connectivity index (χ4v) is 4.31. The molecule has 1 aliphatic rings. The number of rotatable bonds is 7. The molecule has 0 spiro atoms. The van der Waals surface area contributed by atoms with Crippen LogP contribution in [0.5, 0.6) is 0 Å². The van der Waals surface area contributed by atoms with Crippen molar-refractivity contribution in [1.29, 1.82) is 5.41 Å². The Morgan fingerprint density at radius 2 is 1.68 bits per heavy atom. The second-order valence-electron chi connectivity index (χ2n) is 8.77. The molecule has 9 nitrogen and oxygen atoms in total. The van der Waals surface area contributed by atoms with Crippen LogP contribution in [0.15, 0.2) is 78.2 Å². The van der Waals surface area contributed by atoms with E-state index in [1.54, 1.807) is 13.3 Å². The highest BCUT2D eigenvalue weighted by molar-refractivity contribution is 6.43. The molecule has 37 heavy (non-hydrogen) atoms. The van der Waals surface area contributed by atoms with Gasteiger partial charge in [-0.15, -0.1) is 0 Å². The van der Waals surface area contributed by atoms with Gasteiger partial charge in [0.2, 0.25) is 0 Å². The molecule has 0 bridgehead atoms. The van der Waals surface area contributed by atoms with Gasteiger partial charge >= 0.3 is 0 Å². The standard InChI is InChI=1S/C28H28N8O/c1-30-11-10-24(29)28(37)33-22-5-2-20(3-6-22)21-4-7-25-26(18-21)34-27(19-32-25)36-16-14-35(15-17-36)23-8-12-31-13-9-23/h2-9,11-13,18-19,29H,10,14-17H2,1H3,(H,33,37). The molecule has 2 aromatic carbocycles. The van der Waals surface area contributed by atoms with Gasteiger partial charge in [-0.25, -0.2) is 4.98 Å². The lowest BCUT2D eigenvalue weighted by atomic mass is 10.0. The van der Waals surface area contributed by atoms with Crippen molar-refractivity contribution in [2.75, 3.05) is 48.3 Å². The second kappa shape index (κ2) is 10.9. The Morgan fingerprint density at radius 1 is 0.973 bits per heavy atom. The first-order chi connectivity index (χ1) is 18.1. The van der Waals surface area contributed by atoms with Gasteiger partial charge in [0.1, 0.15) is 11.5 Å². The molecule has 9 heteroatoms. The average Bonchev–Trinajstić information content (AvgIpc) is 2.96. The van der Waals surface area contributed by atoms with Crippen LogP contribution in [0.3, 0.4) is 0 Å². The zero-order valence-corrected chi connectivity index (χ0v) is 20.6. The highest BCUT2D eigenvalue weighted by atomic mass is 16.1. The molecular weight excluding hydrogens is 464 g/mol. The number of carbonyl (C=O) groups is 1. The van der Waals surface area contributed by atoms with Gasteiger partial charge in [-0.2, -0.15) is 0 Å². The Kier molecular flexibility index (Phi) is 7.12. The molecule has 0 aliphatic carbocycles. The minimum absolute atomic E-state index is 0.0302. The van der Waals surface area contributed by atoms with Crippen molar-refractivity contribution in [2.45, 2.75) is 6.42 Å². The van der Waals surface area contributed by atoms with Crippen LogP contribution < -0.4 is 15.1 Å². The maximum Gasteiger partial charge on any atom is 0.269 e. The zero-order valence-electron chi connectivity index (χ0n) is 20.6. The number of nitrogens with one attached hydrogen (secondary N) is 2. The molecule has 0 atom stereocenters. The third-order valence-electron chi connectivity index (χ3n) is 6.39. The number of hydrogen-bond donors (Lipinski definition) is 2. The van der Waals surface area contributed by atoms with E-state index in [4.69, 9.17) is 10.4 Å². The third kappa shape index (κ3) is 5.61. The number of benzene rings is 2. The summed E-state index contributed by atoms with van der Waals surface area (Å²) in [6.07, 6.45) is 7.26. The second-order valence-corrected chi connectivity index (χ2v) is 8.77. The number of anilines is 3. The van der Waals surface area contributed by atoms with Crippen LogP contribution in [-0.2, 0) is 4.79 Å². The summed E-state index contributed by atoms with van der Waals surface area (Å²) < 4.78 is 0. The van der Waals surface area contributed by atoms with Crippen molar-refractivity contribution in [3.8, 4) is 11.1 Å². The van der Waals surface area contributed by atoms with Gasteiger partial charge in [-0.1, -0.05) is 18.2 Å². The quantitative estimate of drug-likeness (QED) is 0.376. The predicted molar refractivity (Wildman–Crippen MR) is 149 cm³/mol. The first kappa shape index (κ1) is 24.1. The van der Waals surface area contributed by atoms with Gasteiger partial charge in [0.25, 0.3) is 5.91 Å². The molecule has 2 N–H and O–H groups in total. The highest BCUT2D eigenvalue weighted by Crippen LogP contribution is 2.26. The number of piperazine rings is 1. The van der Waals surface area contributed by atoms with E-state index < -0.39 is 5.91 Å². The number of aromatic nitrogens is 3. The fraction of sp³-hybridized carbons (Fsp3) is 0.214. The fourth-order valence-electron chi connectivity index (χ4n) is 4.31. The van der Waals surface area contributed by atoms with Crippen LogP contribution in [0, 0.1) is 5.41 Å². The molecule has 0 radical (unpaired) electrons. The van der Waals surface area contributed by atoms with Crippen LogP contribution >= 0.6 is 0 Å². The molecule has 1 fully saturated rings. The van der Waals surface area contributed by atoms with Crippen LogP contribution in [-0.4, -0.2) is 66.0 Å². The van der Waals surface area contributed by atoms with E-state index in [2.05, 4.69) is 30.1 Å². The van der Waals surface area contributed by atoms with Crippen molar-refractivity contribution in [3.63, 3.8) is 0 Å². The minimum atomic E-state index is -0.428. The Balaban J connectivity index is 1.27. The van der Waals surface area contributed by atoms with E-state index in [1.165, 1.54) is 5.69 Å². The summed E-state index contributed by atoms with van der Waals surface area (Å²) in [4.78, 5) is 34.3. The summed E-state index contributed by atoms with van der Waals surface area (Å²) >= 11 is 0. The van der Waals surface area contributed by atoms with Crippen molar-refractivity contribution in [3.05, 3.63) is 73.2 Å². The largest absolute Gasteiger partial charge is 0.368 e. The maximum absolute atomic E-state index is 12.2. The smallest absolute Gasteiger partial charge is 0.269 e. The molecule has 186 valence electrons. The molecule has 5 rings (SSSR count). The van der Waals surface area contributed by atoms with Gasteiger partial charge in [0.05, 0.1) is 17.2 Å². The van der Waals surface area contributed by atoms with Crippen LogP contribution in [0.1, 0.15) is 6.42 Å². The van der Waals surface area contributed by atoms with Gasteiger partial charge in [-0.3, -0.25) is 20.2 Å². The minimum Gasteiger partial charge on any atom is -0.368 e. The summed E-state index contributed by atoms with van der Waals surface area (Å²) in [5.74, 6) is 0.454. The summed E-state index contributed by atoms with van der Waals surface area (Å²) in [5.41, 5.74) is 5.52. The first-order valence-electron chi connectivity index (χ1n) is 12.2. The number of amides is 1. The molecule has 4 aromatic rings. The topological polar surface area (TPSA) is 110 Å². The van der Waals surface area contributed by atoms with E-state index in [0.29, 0.717) is 5.69 Å². The van der Waals surface area contributed by atoms with Crippen molar-refractivity contribution in [2.24, 2.45) is 4.99 Å². The molecule has 2 aromatic heterocycles. The Labute approximate surface area is 215 Å². The van der Waals surface area contributed by atoms with Crippen LogP contribution in [0.2, 0.25) is 0 Å². The monoisotopic (exact) mass is 492 g/mol. The summed E-state index contributed by atoms with van der Waals surface area (Å²) in [7, 11) is 1.62. The van der Waals surface area contributed by atoms with Gasteiger partial charge in [-0.05, 0) is 47.5 Å². The molecule has 0 unspecified atom stereocenters. The Morgan fingerprint density at radius 3 is 2.41 bits per heavy atom. The SMILES string of the molecule is CN=CCC(=N)C(=O)Nc1ccc(-c2ccc3ncc(N4CCN(c5ccncc5)CC4)nc3c2)cc1. The average molecular weight is 493 g/mol. The van der Waals surface area contributed by atoms with E-state index in [0.717, 1.165) is 54.2 Å². The lowest BCUT2D eigenvalue weighted by Gasteiger charge is -2.36. The third-order valence-corrected chi connectivity index (χ3v) is 6.39. The maximum atomic E-state index is 12.2. The van der Waals surface area contributed by atoms with Crippen LogP contribution in [0.4, 0.5) is 17.2 Å². The van der Waals surface area contributed by atoms with Gasteiger partial charge in [0, 0.05) is 69.6 Å². The summed E-state index contributed by atoms with van der Waals surface area (Å²) in [6.45, 7) is 3.58. The van der Waals surface area contributed by atoms with Gasteiger partial charge in [0.15, 0.2) is 0 Å². The lowest BCUT2D eigenvalue weighted by molar-refractivity contribution is -0.110. The number of fused-ring (bicyclic) bond motifs is 1. The normalized spacial score (nSPS) is 13.8. The van der Waals surface area contributed by atoms with E-state index in [-0.39, 0.29) is 12.1 Å².